The fourth-order valence-corrected chi connectivity index (χ4v) is 5.72. The summed E-state index contributed by atoms with van der Waals surface area (Å²) in [7, 11) is 0. The van der Waals surface area contributed by atoms with Crippen molar-refractivity contribution in [1.82, 2.24) is 9.97 Å². The maximum atomic E-state index is 5.39. The van der Waals surface area contributed by atoms with Gasteiger partial charge in [-0.25, -0.2) is 9.97 Å². The molecule has 2 aromatic rings. The minimum Gasteiger partial charge on any atom is -0.375 e. The Bertz CT molecular complexity index is 722. The molecule has 5 heteroatoms. The van der Waals surface area contributed by atoms with Crippen LogP contribution in [-0.2, 0) is 29.6 Å². The highest BCUT2D eigenvalue weighted by atomic mass is 32.1. The van der Waals surface area contributed by atoms with Gasteiger partial charge in [0, 0.05) is 28.5 Å². The maximum Gasteiger partial charge on any atom is 0.0960 e. The minimum absolute atomic E-state index is 0.389. The number of aromatic nitrogens is 2. The standard InChI is InChI=1S/C11H17NS.C10H15NOS/c1-7(2)10-12-8-5-6-11(3,4)9(8)13-10;1-3-7(2)10-11-8-4-5-12-6-9(8)13-10/h7H,5-6H2,1-4H3;7H,3-6H2,1-2H3. The fraction of sp³-hybridized carbons (Fsp3) is 0.714. The number of fused-ring (bicyclic) bond motifs is 2. The fourth-order valence-electron chi connectivity index (χ4n) is 3.29. The number of aryl methyl sites for hydroxylation is 1. The molecule has 0 spiro atoms. The molecule has 1 aliphatic heterocycles. The van der Waals surface area contributed by atoms with Gasteiger partial charge in [0.05, 0.1) is 39.5 Å². The molecule has 1 atom stereocenters. The van der Waals surface area contributed by atoms with Crippen LogP contribution in [0.2, 0.25) is 0 Å². The highest BCUT2D eigenvalue weighted by Crippen LogP contribution is 2.42. The zero-order chi connectivity index (χ0) is 18.9. The van der Waals surface area contributed by atoms with Crippen LogP contribution >= 0.6 is 22.7 Å². The molecule has 1 unspecified atom stereocenters. The third-order valence-corrected chi connectivity index (χ3v) is 8.42. The highest BCUT2D eigenvalue weighted by molar-refractivity contribution is 7.12. The Hall–Kier alpha value is -0.780. The zero-order valence-corrected chi connectivity index (χ0v) is 18.6. The van der Waals surface area contributed by atoms with Crippen LogP contribution < -0.4 is 0 Å². The molecule has 1 aliphatic carbocycles. The van der Waals surface area contributed by atoms with Crippen molar-refractivity contribution in [2.24, 2.45) is 0 Å². The quantitative estimate of drug-likeness (QED) is 0.622. The SMILES string of the molecule is CC(C)c1nc2c(s1)C(C)(C)CC2.CCC(C)c1nc2c(s1)COCC2. The summed E-state index contributed by atoms with van der Waals surface area (Å²) in [6, 6.07) is 0. The smallest absolute Gasteiger partial charge is 0.0960 e. The van der Waals surface area contributed by atoms with E-state index in [1.165, 1.54) is 50.4 Å². The summed E-state index contributed by atoms with van der Waals surface area (Å²) in [6.07, 6.45) is 4.64. The molecule has 3 heterocycles. The van der Waals surface area contributed by atoms with Gasteiger partial charge in [-0.2, -0.15) is 0 Å². The van der Waals surface area contributed by atoms with Gasteiger partial charge in [0.2, 0.25) is 0 Å². The Morgan fingerprint density at radius 3 is 2.38 bits per heavy atom. The van der Waals surface area contributed by atoms with Crippen molar-refractivity contribution in [1.29, 1.82) is 0 Å². The van der Waals surface area contributed by atoms with Crippen LogP contribution in [0.15, 0.2) is 0 Å². The van der Waals surface area contributed by atoms with E-state index >= 15 is 0 Å². The van der Waals surface area contributed by atoms with Crippen LogP contribution in [-0.4, -0.2) is 16.6 Å². The summed E-state index contributed by atoms with van der Waals surface area (Å²) in [4.78, 5) is 12.3. The molecule has 2 aromatic heterocycles. The number of nitrogens with zero attached hydrogens (tertiary/aromatic N) is 2. The van der Waals surface area contributed by atoms with Gasteiger partial charge < -0.3 is 4.74 Å². The second kappa shape index (κ2) is 8.07. The van der Waals surface area contributed by atoms with Crippen LogP contribution in [0.4, 0.5) is 0 Å². The lowest BCUT2D eigenvalue weighted by molar-refractivity contribution is 0.112. The van der Waals surface area contributed by atoms with Gasteiger partial charge in [-0.3, -0.25) is 0 Å². The summed E-state index contributed by atoms with van der Waals surface area (Å²) in [5, 5.41) is 2.61. The maximum absolute atomic E-state index is 5.39. The zero-order valence-electron chi connectivity index (χ0n) is 17.0. The second-order valence-electron chi connectivity index (χ2n) is 8.40. The minimum atomic E-state index is 0.389. The second-order valence-corrected chi connectivity index (χ2v) is 10.5. The summed E-state index contributed by atoms with van der Waals surface area (Å²) in [5.74, 6) is 1.20. The lowest BCUT2D eigenvalue weighted by Gasteiger charge is -2.15. The lowest BCUT2D eigenvalue weighted by atomic mass is 9.93. The molecule has 0 amide bonds. The normalized spacial score (nSPS) is 18.9. The van der Waals surface area contributed by atoms with Crippen LogP contribution in [0.3, 0.4) is 0 Å². The van der Waals surface area contributed by atoms with Gasteiger partial charge in [0.25, 0.3) is 0 Å². The molecular weight excluding hydrogens is 360 g/mol. The monoisotopic (exact) mass is 392 g/mol. The predicted octanol–water partition coefficient (Wildman–Crippen LogP) is 6.22. The van der Waals surface area contributed by atoms with Crippen molar-refractivity contribution in [3.05, 3.63) is 31.2 Å². The first-order valence-electron chi connectivity index (χ1n) is 9.88. The van der Waals surface area contributed by atoms with Crippen LogP contribution in [0.1, 0.15) is 97.4 Å². The van der Waals surface area contributed by atoms with Crippen LogP contribution in [0.5, 0.6) is 0 Å². The van der Waals surface area contributed by atoms with E-state index in [4.69, 9.17) is 9.72 Å². The molecule has 0 radical (unpaired) electrons. The molecule has 0 saturated heterocycles. The molecule has 0 N–H and O–H groups in total. The molecule has 26 heavy (non-hydrogen) atoms. The number of rotatable bonds is 3. The summed E-state index contributed by atoms with van der Waals surface area (Å²) < 4.78 is 5.39. The molecule has 0 bridgehead atoms. The van der Waals surface area contributed by atoms with Crippen molar-refractivity contribution < 1.29 is 4.74 Å². The Labute approximate surface area is 166 Å². The molecule has 0 fully saturated rings. The van der Waals surface area contributed by atoms with Gasteiger partial charge in [-0.1, -0.05) is 41.5 Å². The van der Waals surface area contributed by atoms with Crippen molar-refractivity contribution in [3.63, 3.8) is 0 Å². The first-order valence-corrected chi connectivity index (χ1v) is 11.5. The molecule has 2 aliphatic rings. The van der Waals surface area contributed by atoms with Gasteiger partial charge in [0.15, 0.2) is 0 Å². The van der Waals surface area contributed by atoms with Crippen molar-refractivity contribution in [2.75, 3.05) is 6.61 Å². The van der Waals surface area contributed by atoms with E-state index in [9.17, 15) is 0 Å². The highest BCUT2D eigenvalue weighted by Gasteiger charge is 2.33. The molecule has 144 valence electrons. The van der Waals surface area contributed by atoms with Gasteiger partial charge in [0.1, 0.15) is 0 Å². The molecular formula is C21H32N2OS2. The van der Waals surface area contributed by atoms with Crippen molar-refractivity contribution in [2.45, 2.75) is 91.1 Å². The Balaban J connectivity index is 0.000000151. The van der Waals surface area contributed by atoms with E-state index in [1.807, 2.05) is 22.7 Å². The number of ether oxygens (including phenoxy) is 1. The molecule has 3 nitrogen and oxygen atoms in total. The number of thiazole rings is 2. The first kappa shape index (κ1) is 20.0. The largest absolute Gasteiger partial charge is 0.375 e. The summed E-state index contributed by atoms with van der Waals surface area (Å²) in [5.41, 5.74) is 3.05. The third kappa shape index (κ3) is 4.20. The topological polar surface area (TPSA) is 35.0 Å². The average Bonchev–Trinajstić information content (AvgIpc) is 3.29. The lowest BCUT2D eigenvalue weighted by Crippen LogP contribution is -2.09. The molecule has 0 aromatic carbocycles. The van der Waals surface area contributed by atoms with Gasteiger partial charge in [-0.15, -0.1) is 22.7 Å². The molecule has 4 rings (SSSR count). The number of hydrogen-bond donors (Lipinski definition) is 0. The van der Waals surface area contributed by atoms with E-state index in [0.29, 0.717) is 17.3 Å². The van der Waals surface area contributed by atoms with Crippen molar-refractivity contribution >= 4 is 22.7 Å². The predicted molar refractivity (Wildman–Crippen MR) is 112 cm³/mol. The molecule has 0 saturated carbocycles. The van der Waals surface area contributed by atoms with E-state index < -0.39 is 0 Å². The summed E-state index contributed by atoms with van der Waals surface area (Å²) >= 11 is 3.76. The van der Waals surface area contributed by atoms with Crippen molar-refractivity contribution in [3.8, 4) is 0 Å². The number of hydrogen-bond acceptors (Lipinski definition) is 5. The Morgan fingerprint density at radius 2 is 1.77 bits per heavy atom. The Kier molecular flexibility index (Phi) is 6.20. The van der Waals surface area contributed by atoms with E-state index in [-0.39, 0.29) is 0 Å². The third-order valence-electron chi connectivity index (χ3n) is 5.35. The van der Waals surface area contributed by atoms with Crippen LogP contribution in [0.25, 0.3) is 0 Å². The Morgan fingerprint density at radius 1 is 1.04 bits per heavy atom. The van der Waals surface area contributed by atoms with E-state index in [1.54, 1.807) is 0 Å². The average molecular weight is 393 g/mol. The van der Waals surface area contributed by atoms with Crippen LogP contribution in [0, 0.1) is 0 Å². The summed E-state index contributed by atoms with van der Waals surface area (Å²) in [6.45, 7) is 15.2. The van der Waals surface area contributed by atoms with Gasteiger partial charge in [-0.05, 0) is 19.3 Å². The van der Waals surface area contributed by atoms with Gasteiger partial charge >= 0.3 is 0 Å². The van der Waals surface area contributed by atoms with E-state index in [0.717, 1.165) is 19.6 Å². The van der Waals surface area contributed by atoms with E-state index in [2.05, 4.69) is 46.5 Å². The first-order chi connectivity index (χ1) is 12.3.